The normalized spacial score (nSPS) is 10.4. The number of benzene rings is 2. The fraction of sp³-hybridized carbons (Fsp3) is 0.381. The molecule has 0 aromatic heterocycles. The molecule has 0 heterocycles. The zero-order valence-corrected chi connectivity index (χ0v) is 16.0. The van der Waals surface area contributed by atoms with E-state index in [-0.39, 0.29) is 5.91 Å². The zero-order chi connectivity index (χ0) is 18.6. The number of para-hydroxylation sites is 1. The number of amides is 1. The Morgan fingerprint density at radius 2 is 1.50 bits per heavy atom. The Balaban J connectivity index is 1.51. The first-order valence-electron chi connectivity index (χ1n) is 8.95. The average Bonchev–Trinajstić information content (AvgIpc) is 2.67. The van der Waals surface area contributed by atoms with E-state index in [0.29, 0.717) is 24.7 Å². The molecular formula is C21H26ClNO3. The van der Waals surface area contributed by atoms with Crippen molar-refractivity contribution in [1.82, 2.24) is 4.90 Å². The van der Waals surface area contributed by atoms with Crippen LogP contribution in [0.3, 0.4) is 0 Å². The van der Waals surface area contributed by atoms with Gasteiger partial charge in [-0.25, -0.2) is 0 Å². The lowest BCUT2D eigenvalue weighted by molar-refractivity contribution is -0.130. The lowest BCUT2D eigenvalue weighted by Crippen LogP contribution is -2.28. The molecule has 0 fully saturated rings. The van der Waals surface area contributed by atoms with E-state index in [0.717, 1.165) is 37.3 Å². The average molecular weight is 376 g/mol. The van der Waals surface area contributed by atoms with E-state index in [2.05, 4.69) is 0 Å². The van der Waals surface area contributed by atoms with Crippen molar-refractivity contribution in [3.8, 4) is 11.5 Å². The Kier molecular flexibility index (Phi) is 8.84. The van der Waals surface area contributed by atoms with Gasteiger partial charge in [0.05, 0.1) is 13.2 Å². The number of unbranched alkanes of at least 4 members (excludes halogenated alkanes) is 1. The molecule has 0 aliphatic heterocycles. The number of hydrogen-bond donors (Lipinski definition) is 0. The first kappa shape index (κ1) is 20.1. The zero-order valence-electron chi connectivity index (χ0n) is 15.2. The van der Waals surface area contributed by atoms with Crippen LogP contribution in [0.2, 0.25) is 5.02 Å². The Morgan fingerprint density at radius 1 is 0.885 bits per heavy atom. The highest BCUT2D eigenvalue weighted by atomic mass is 35.5. The van der Waals surface area contributed by atoms with Crippen LogP contribution in [0.4, 0.5) is 0 Å². The number of rotatable bonds is 11. The highest BCUT2D eigenvalue weighted by Gasteiger charge is 2.08. The maximum Gasteiger partial charge on any atom is 0.222 e. The summed E-state index contributed by atoms with van der Waals surface area (Å²) in [5, 5.41) is 0.701. The monoisotopic (exact) mass is 375 g/mol. The van der Waals surface area contributed by atoms with Crippen molar-refractivity contribution in [1.29, 1.82) is 0 Å². The van der Waals surface area contributed by atoms with Gasteiger partial charge in [0, 0.05) is 25.0 Å². The van der Waals surface area contributed by atoms with Gasteiger partial charge in [-0.15, -0.1) is 0 Å². The summed E-state index contributed by atoms with van der Waals surface area (Å²) in [5.74, 6) is 1.81. The highest BCUT2D eigenvalue weighted by molar-refractivity contribution is 6.30. The molecule has 0 aliphatic carbocycles. The predicted octanol–water partition coefficient (Wildman–Crippen LogP) is 4.82. The van der Waals surface area contributed by atoms with Crippen molar-refractivity contribution in [2.24, 2.45) is 0 Å². The molecule has 0 radical (unpaired) electrons. The summed E-state index contributed by atoms with van der Waals surface area (Å²) >= 11 is 5.84. The van der Waals surface area contributed by atoms with E-state index >= 15 is 0 Å². The van der Waals surface area contributed by atoms with E-state index in [4.69, 9.17) is 21.1 Å². The molecule has 0 spiro atoms. The van der Waals surface area contributed by atoms with E-state index in [1.54, 1.807) is 4.90 Å². The van der Waals surface area contributed by atoms with E-state index < -0.39 is 0 Å². The second kappa shape index (κ2) is 11.4. The Labute approximate surface area is 160 Å². The molecule has 0 aliphatic rings. The summed E-state index contributed by atoms with van der Waals surface area (Å²) in [6.45, 7) is 1.93. The minimum Gasteiger partial charge on any atom is -0.494 e. The summed E-state index contributed by atoms with van der Waals surface area (Å²) < 4.78 is 11.2. The predicted molar refractivity (Wildman–Crippen MR) is 105 cm³/mol. The molecule has 0 bridgehead atoms. The number of halogens is 1. The first-order valence-corrected chi connectivity index (χ1v) is 9.33. The number of carbonyl (C=O) groups is 1. The Hall–Kier alpha value is -2.20. The standard InChI is InChI=1S/C21H26ClNO3/c1-23(15-5-6-16-25-20-13-11-18(22)12-14-20)21(24)10-7-17-26-19-8-3-2-4-9-19/h2-4,8-9,11-14H,5-7,10,15-17H2,1H3. The second-order valence-electron chi connectivity index (χ2n) is 6.09. The molecule has 1 amide bonds. The summed E-state index contributed by atoms with van der Waals surface area (Å²) in [7, 11) is 1.85. The molecule has 26 heavy (non-hydrogen) atoms. The molecule has 2 aromatic rings. The first-order chi connectivity index (χ1) is 12.6. The second-order valence-corrected chi connectivity index (χ2v) is 6.53. The van der Waals surface area contributed by atoms with Gasteiger partial charge in [0.15, 0.2) is 0 Å². The van der Waals surface area contributed by atoms with Crippen molar-refractivity contribution in [3.05, 3.63) is 59.6 Å². The number of ether oxygens (including phenoxy) is 2. The number of nitrogens with zero attached hydrogens (tertiary/aromatic N) is 1. The molecular weight excluding hydrogens is 350 g/mol. The van der Waals surface area contributed by atoms with E-state index in [9.17, 15) is 4.79 Å². The van der Waals surface area contributed by atoms with Gasteiger partial charge in [0.2, 0.25) is 5.91 Å². The summed E-state index contributed by atoms with van der Waals surface area (Å²) in [5.41, 5.74) is 0. The van der Waals surface area contributed by atoms with Crippen LogP contribution in [-0.2, 0) is 4.79 Å². The maximum atomic E-state index is 12.1. The van der Waals surface area contributed by atoms with Crippen LogP contribution in [0, 0.1) is 0 Å². The molecule has 2 rings (SSSR count). The minimum absolute atomic E-state index is 0.153. The van der Waals surface area contributed by atoms with Gasteiger partial charge in [0.1, 0.15) is 11.5 Å². The van der Waals surface area contributed by atoms with Crippen LogP contribution in [-0.4, -0.2) is 37.6 Å². The van der Waals surface area contributed by atoms with Crippen molar-refractivity contribution in [2.45, 2.75) is 25.7 Å². The van der Waals surface area contributed by atoms with Gasteiger partial charge in [0.25, 0.3) is 0 Å². The van der Waals surface area contributed by atoms with Gasteiger partial charge in [-0.2, -0.15) is 0 Å². The van der Waals surface area contributed by atoms with Crippen molar-refractivity contribution < 1.29 is 14.3 Å². The third-order valence-electron chi connectivity index (χ3n) is 3.94. The third kappa shape index (κ3) is 7.79. The van der Waals surface area contributed by atoms with Gasteiger partial charge < -0.3 is 14.4 Å². The highest BCUT2D eigenvalue weighted by Crippen LogP contribution is 2.15. The molecule has 0 unspecified atom stereocenters. The largest absolute Gasteiger partial charge is 0.494 e. The number of carbonyl (C=O) groups excluding carboxylic acids is 1. The topological polar surface area (TPSA) is 38.8 Å². The Bertz CT molecular complexity index is 646. The van der Waals surface area contributed by atoms with Crippen LogP contribution < -0.4 is 9.47 Å². The van der Waals surface area contributed by atoms with Crippen LogP contribution in [0.15, 0.2) is 54.6 Å². The molecule has 0 N–H and O–H groups in total. The van der Waals surface area contributed by atoms with E-state index in [1.165, 1.54) is 0 Å². The van der Waals surface area contributed by atoms with Crippen molar-refractivity contribution in [3.63, 3.8) is 0 Å². The third-order valence-corrected chi connectivity index (χ3v) is 4.19. The van der Waals surface area contributed by atoms with Gasteiger partial charge in [-0.05, 0) is 55.7 Å². The van der Waals surface area contributed by atoms with Crippen LogP contribution in [0.5, 0.6) is 11.5 Å². The van der Waals surface area contributed by atoms with Crippen LogP contribution in [0.1, 0.15) is 25.7 Å². The molecule has 2 aromatic carbocycles. The molecule has 0 saturated carbocycles. The number of hydrogen-bond acceptors (Lipinski definition) is 3. The maximum absolute atomic E-state index is 12.1. The van der Waals surface area contributed by atoms with Gasteiger partial charge in [-0.3, -0.25) is 4.79 Å². The van der Waals surface area contributed by atoms with Gasteiger partial charge in [-0.1, -0.05) is 29.8 Å². The minimum atomic E-state index is 0.153. The van der Waals surface area contributed by atoms with E-state index in [1.807, 2.05) is 61.6 Å². The summed E-state index contributed by atoms with van der Waals surface area (Å²) in [6.07, 6.45) is 3.04. The molecule has 140 valence electrons. The quantitative estimate of drug-likeness (QED) is 0.529. The Morgan fingerprint density at radius 3 is 2.19 bits per heavy atom. The molecule has 4 nitrogen and oxygen atoms in total. The fourth-order valence-corrected chi connectivity index (χ4v) is 2.54. The molecule has 0 saturated heterocycles. The fourth-order valence-electron chi connectivity index (χ4n) is 2.42. The smallest absolute Gasteiger partial charge is 0.222 e. The summed E-state index contributed by atoms with van der Waals surface area (Å²) in [6, 6.07) is 17.0. The lowest BCUT2D eigenvalue weighted by Gasteiger charge is -2.17. The van der Waals surface area contributed by atoms with Crippen LogP contribution >= 0.6 is 11.6 Å². The SMILES string of the molecule is CN(CCCCOc1ccc(Cl)cc1)C(=O)CCCOc1ccccc1. The molecule has 5 heteroatoms. The summed E-state index contributed by atoms with van der Waals surface area (Å²) in [4.78, 5) is 13.9. The van der Waals surface area contributed by atoms with Gasteiger partial charge >= 0.3 is 0 Å². The van der Waals surface area contributed by atoms with Crippen molar-refractivity contribution in [2.75, 3.05) is 26.8 Å². The lowest BCUT2D eigenvalue weighted by atomic mass is 10.2. The molecule has 0 atom stereocenters. The van der Waals surface area contributed by atoms with Crippen molar-refractivity contribution >= 4 is 17.5 Å². The van der Waals surface area contributed by atoms with Crippen LogP contribution in [0.25, 0.3) is 0 Å².